The van der Waals surface area contributed by atoms with Crippen LogP contribution in [0.15, 0.2) is 107 Å². The van der Waals surface area contributed by atoms with Gasteiger partial charge in [0.2, 0.25) is 5.91 Å². The molecular weight excluding hydrogens is 554 g/mol. The van der Waals surface area contributed by atoms with E-state index in [1.54, 1.807) is 13.3 Å². The van der Waals surface area contributed by atoms with Gasteiger partial charge in [0.05, 0.1) is 35.5 Å². The Morgan fingerprint density at radius 2 is 1.67 bits per heavy atom. The molecule has 5 aromatic rings. The first-order valence-corrected chi connectivity index (χ1v) is 14.7. The molecule has 8 heteroatoms. The molecule has 7 nitrogen and oxygen atoms in total. The molecule has 0 saturated carbocycles. The van der Waals surface area contributed by atoms with E-state index in [0.717, 1.165) is 45.0 Å². The third-order valence-corrected chi connectivity index (χ3v) is 7.75. The van der Waals surface area contributed by atoms with Crippen LogP contribution in [0.25, 0.3) is 28.2 Å². The van der Waals surface area contributed by atoms with Gasteiger partial charge in [0.1, 0.15) is 11.1 Å². The second-order valence-corrected chi connectivity index (χ2v) is 10.9. The van der Waals surface area contributed by atoms with Crippen molar-refractivity contribution in [1.82, 2.24) is 15.0 Å². The van der Waals surface area contributed by atoms with E-state index in [1.165, 1.54) is 17.3 Å². The number of nitriles is 1. The highest BCUT2D eigenvalue weighted by Gasteiger charge is 2.19. The predicted molar refractivity (Wildman–Crippen MR) is 172 cm³/mol. The van der Waals surface area contributed by atoms with Crippen LogP contribution < -0.4 is 5.43 Å². The van der Waals surface area contributed by atoms with Crippen LogP contribution in [-0.2, 0) is 16.1 Å². The summed E-state index contributed by atoms with van der Waals surface area (Å²) in [5.74, 6) is -0.246. The SMILES string of the molecule is COCc1cc(C)nc(SCC(=O)N/N=C/c2cc(-c3ccccc3)n(-c3ccc(C)cc3)c2-c2ccccc2)c1C#N. The number of carbonyl (C=O) groups is 1. The van der Waals surface area contributed by atoms with Crippen LogP contribution >= 0.6 is 11.8 Å². The van der Waals surface area contributed by atoms with Crippen molar-refractivity contribution in [2.45, 2.75) is 25.5 Å². The molecule has 0 spiro atoms. The van der Waals surface area contributed by atoms with Crippen molar-refractivity contribution in [2.75, 3.05) is 12.9 Å². The number of hydrazone groups is 1. The normalized spacial score (nSPS) is 11.0. The van der Waals surface area contributed by atoms with Gasteiger partial charge >= 0.3 is 0 Å². The van der Waals surface area contributed by atoms with Crippen LogP contribution in [0.5, 0.6) is 0 Å². The van der Waals surface area contributed by atoms with E-state index in [4.69, 9.17) is 4.74 Å². The molecule has 3 aromatic carbocycles. The molecule has 0 atom stereocenters. The maximum atomic E-state index is 12.8. The average Bonchev–Trinajstić information content (AvgIpc) is 3.40. The number of aryl methyl sites for hydroxylation is 2. The van der Waals surface area contributed by atoms with Gasteiger partial charge in [0, 0.05) is 24.1 Å². The van der Waals surface area contributed by atoms with Gasteiger partial charge in [0.25, 0.3) is 0 Å². The Bertz CT molecular complexity index is 1790. The zero-order chi connectivity index (χ0) is 30.2. The first-order chi connectivity index (χ1) is 21.0. The highest BCUT2D eigenvalue weighted by Crippen LogP contribution is 2.35. The van der Waals surface area contributed by atoms with Crippen LogP contribution in [-0.4, -0.2) is 34.5 Å². The van der Waals surface area contributed by atoms with Crippen molar-refractivity contribution in [3.05, 3.63) is 125 Å². The van der Waals surface area contributed by atoms with Crippen LogP contribution in [0.1, 0.15) is 27.9 Å². The van der Waals surface area contributed by atoms with Crippen molar-refractivity contribution in [1.29, 1.82) is 5.26 Å². The first kappa shape index (κ1) is 29.5. The zero-order valence-corrected chi connectivity index (χ0v) is 25.1. The fourth-order valence-corrected chi connectivity index (χ4v) is 5.71. The number of nitrogens with zero attached hydrogens (tertiary/aromatic N) is 4. The maximum Gasteiger partial charge on any atom is 0.250 e. The Morgan fingerprint density at radius 3 is 2.33 bits per heavy atom. The summed E-state index contributed by atoms with van der Waals surface area (Å²) in [4.78, 5) is 17.3. The monoisotopic (exact) mass is 585 g/mol. The molecule has 0 aliphatic carbocycles. The third kappa shape index (κ3) is 6.92. The zero-order valence-electron chi connectivity index (χ0n) is 24.2. The van der Waals surface area contributed by atoms with Crippen molar-refractivity contribution in [3.63, 3.8) is 0 Å². The van der Waals surface area contributed by atoms with Crippen LogP contribution in [0.4, 0.5) is 0 Å². The topological polar surface area (TPSA) is 92.3 Å². The summed E-state index contributed by atoms with van der Waals surface area (Å²) in [5.41, 5.74) is 11.7. The first-order valence-electron chi connectivity index (χ1n) is 13.8. The summed E-state index contributed by atoms with van der Waals surface area (Å²) < 4.78 is 7.46. The highest BCUT2D eigenvalue weighted by molar-refractivity contribution is 8.00. The van der Waals surface area contributed by atoms with E-state index in [1.807, 2.05) is 49.4 Å². The molecule has 5 rings (SSSR count). The molecule has 214 valence electrons. The van der Waals surface area contributed by atoms with Gasteiger partial charge in [-0.3, -0.25) is 4.79 Å². The Morgan fingerprint density at radius 1 is 1.00 bits per heavy atom. The number of methoxy groups -OCH3 is 1. The highest BCUT2D eigenvalue weighted by atomic mass is 32.2. The largest absolute Gasteiger partial charge is 0.380 e. The number of ether oxygens (including phenoxy) is 1. The van der Waals surface area contributed by atoms with Crippen LogP contribution in [0, 0.1) is 25.2 Å². The molecule has 0 bridgehead atoms. The number of hydrogen-bond donors (Lipinski definition) is 1. The number of aromatic nitrogens is 2. The molecule has 0 aliphatic heterocycles. The molecule has 1 N–H and O–H groups in total. The second-order valence-electron chi connectivity index (χ2n) is 9.97. The summed E-state index contributed by atoms with van der Waals surface area (Å²) in [6.07, 6.45) is 1.68. The standard InChI is InChI=1S/C35H31N5O2S/c1-24-14-16-30(17-15-24)40-32(26-10-6-4-7-11-26)19-28(34(40)27-12-8-5-9-13-27)21-37-39-33(41)23-43-35-31(20-36)29(22-42-3)18-25(2)38-35/h4-19,21H,22-23H2,1-3H3,(H,39,41)/b37-21+. The number of rotatable bonds is 10. The fraction of sp³-hybridized carbons (Fsp3) is 0.143. The molecule has 0 aliphatic rings. The fourth-order valence-electron chi connectivity index (χ4n) is 4.85. The maximum absolute atomic E-state index is 12.8. The number of pyridine rings is 1. The van der Waals surface area contributed by atoms with Crippen LogP contribution in [0.2, 0.25) is 0 Å². The van der Waals surface area contributed by atoms with E-state index in [2.05, 4.69) is 87.7 Å². The van der Waals surface area contributed by atoms with Crippen molar-refractivity contribution in [3.8, 4) is 34.3 Å². The minimum absolute atomic E-state index is 0.0556. The lowest BCUT2D eigenvalue weighted by atomic mass is 10.1. The van der Waals surface area contributed by atoms with E-state index < -0.39 is 0 Å². The van der Waals surface area contributed by atoms with E-state index in [0.29, 0.717) is 17.2 Å². The molecule has 0 radical (unpaired) electrons. The Kier molecular flexibility index (Phi) is 9.47. The number of carbonyl (C=O) groups excluding carboxylic acids is 1. The Labute approximate surface area is 255 Å². The molecule has 0 fully saturated rings. The third-order valence-electron chi connectivity index (χ3n) is 6.78. The van der Waals surface area contributed by atoms with Gasteiger partial charge in [-0.25, -0.2) is 10.4 Å². The van der Waals surface area contributed by atoms with Gasteiger partial charge in [-0.1, -0.05) is 90.1 Å². The van der Waals surface area contributed by atoms with E-state index in [-0.39, 0.29) is 11.7 Å². The Balaban J connectivity index is 1.46. The van der Waals surface area contributed by atoms with Gasteiger partial charge < -0.3 is 9.30 Å². The summed E-state index contributed by atoms with van der Waals surface area (Å²) in [5, 5.41) is 14.5. The molecule has 1 amide bonds. The van der Waals surface area contributed by atoms with Gasteiger partial charge in [-0.2, -0.15) is 10.4 Å². The minimum Gasteiger partial charge on any atom is -0.380 e. The lowest BCUT2D eigenvalue weighted by Gasteiger charge is -2.15. The molecule has 43 heavy (non-hydrogen) atoms. The number of benzene rings is 3. The lowest BCUT2D eigenvalue weighted by molar-refractivity contribution is -0.118. The van der Waals surface area contributed by atoms with Gasteiger partial charge in [-0.05, 0) is 54.8 Å². The lowest BCUT2D eigenvalue weighted by Crippen LogP contribution is -2.20. The summed E-state index contributed by atoms with van der Waals surface area (Å²) in [6, 6.07) is 34.9. The van der Waals surface area contributed by atoms with Gasteiger partial charge in [0.15, 0.2) is 0 Å². The van der Waals surface area contributed by atoms with Gasteiger partial charge in [-0.15, -0.1) is 0 Å². The van der Waals surface area contributed by atoms with Crippen LogP contribution in [0.3, 0.4) is 0 Å². The summed E-state index contributed by atoms with van der Waals surface area (Å²) in [7, 11) is 1.58. The van der Waals surface area contributed by atoms with E-state index >= 15 is 0 Å². The number of amides is 1. The Hall–Kier alpha value is -4.97. The molecule has 2 heterocycles. The minimum atomic E-state index is -0.302. The molecule has 0 saturated heterocycles. The summed E-state index contributed by atoms with van der Waals surface area (Å²) in [6.45, 7) is 4.22. The molecular formula is C35H31N5O2S. The molecule has 2 aromatic heterocycles. The van der Waals surface area contributed by atoms with E-state index in [9.17, 15) is 10.1 Å². The second kappa shape index (κ2) is 13.8. The van der Waals surface area contributed by atoms with Crippen molar-refractivity contribution < 1.29 is 9.53 Å². The predicted octanol–water partition coefficient (Wildman–Crippen LogP) is 7.08. The average molecular weight is 586 g/mol. The summed E-state index contributed by atoms with van der Waals surface area (Å²) >= 11 is 1.20. The smallest absolute Gasteiger partial charge is 0.250 e. The molecule has 0 unspecified atom stereocenters. The van der Waals surface area contributed by atoms with Crippen molar-refractivity contribution >= 4 is 23.9 Å². The quantitative estimate of drug-likeness (QED) is 0.107. The number of thioether (sulfide) groups is 1. The van der Waals surface area contributed by atoms with Crippen molar-refractivity contribution in [2.24, 2.45) is 5.10 Å². The number of hydrogen-bond acceptors (Lipinski definition) is 6. The number of nitrogens with one attached hydrogen (secondary N) is 1.